The van der Waals surface area contributed by atoms with Crippen LogP contribution >= 0.6 is 0 Å². The molecule has 3 aliphatic rings. The molecule has 1 spiro atoms. The Morgan fingerprint density at radius 1 is 1.42 bits per heavy atom. The van der Waals surface area contributed by atoms with Crippen LogP contribution in [-0.4, -0.2) is 43.0 Å². The van der Waals surface area contributed by atoms with Crippen molar-refractivity contribution in [1.29, 1.82) is 0 Å². The molecular weight excluding hydrogens is 304 g/mol. The van der Waals surface area contributed by atoms with E-state index in [4.69, 9.17) is 4.74 Å². The predicted octanol–water partition coefficient (Wildman–Crippen LogP) is 1.75. The molecule has 3 unspecified atom stereocenters. The summed E-state index contributed by atoms with van der Waals surface area (Å²) >= 11 is 0. The Bertz CT molecular complexity index is 674. The van der Waals surface area contributed by atoms with E-state index in [-0.39, 0.29) is 29.2 Å². The highest BCUT2D eigenvalue weighted by molar-refractivity contribution is 5.89. The standard InChI is InChI=1S/C19H24N2O3/c1-24-15-6-4-5-13(9-15)10-17(22)21-12-14-11-20-18(23)19(14)8-3-2-7-16(19)21/h4-6,9,14,16H,2-3,7-8,10-12H2,1H3,(H,20,23). The van der Waals surface area contributed by atoms with Crippen molar-refractivity contribution in [2.45, 2.75) is 38.1 Å². The lowest BCUT2D eigenvalue weighted by atomic mass is 9.67. The second-order valence-electron chi connectivity index (χ2n) is 7.28. The number of hydrogen-bond donors (Lipinski definition) is 1. The quantitative estimate of drug-likeness (QED) is 0.920. The van der Waals surface area contributed by atoms with Gasteiger partial charge in [0.05, 0.1) is 18.9 Å². The van der Waals surface area contributed by atoms with E-state index in [2.05, 4.69) is 5.32 Å². The number of nitrogens with zero attached hydrogens (tertiary/aromatic N) is 1. The lowest BCUT2D eigenvalue weighted by Gasteiger charge is -2.39. The summed E-state index contributed by atoms with van der Waals surface area (Å²) in [5.74, 6) is 1.36. The Kier molecular flexibility index (Phi) is 3.74. The molecule has 2 aliphatic heterocycles. The maximum absolute atomic E-state index is 13.0. The van der Waals surface area contributed by atoms with Gasteiger partial charge < -0.3 is 15.0 Å². The molecule has 0 bridgehead atoms. The van der Waals surface area contributed by atoms with Gasteiger partial charge in [0.1, 0.15) is 5.75 Å². The average Bonchev–Trinajstić information content (AvgIpc) is 3.09. The van der Waals surface area contributed by atoms with E-state index in [1.807, 2.05) is 29.2 Å². The van der Waals surface area contributed by atoms with E-state index in [9.17, 15) is 9.59 Å². The number of likely N-dealkylation sites (tertiary alicyclic amines) is 1. The van der Waals surface area contributed by atoms with Crippen molar-refractivity contribution in [3.63, 3.8) is 0 Å². The summed E-state index contributed by atoms with van der Waals surface area (Å²) in [6, 6.07) is 7.75. The van der Waals surface area contributed by atoms with Crippen LogP contribution in [0.5, 0.6) is 5.75 Å². The van der Waals surface area contributed by atoms with Gasteiger partial charge in [-0.25, -0.2) is 0 Å². The molecule has 1 aromatic rings. The molecule has 3 fully saturated rings. The van der Waals surface area contributed by atoms with Gasteiger partial charge in [0.25, 0.3) is 0 Å². The van der Waals surface area contributed by atoms with Crippen molar-refractivity contribution in [3.8, 4) is 5.75 Å². The normalized spacial score (nSPS) is 31.4. The van der Waals surface area contributed by atoms with Crippen LogP contribution in [0.1, 0.15) is 31.2 Å². The maximum atomic E-state index is 13.0. The smallest absolute Gasteiger partial charge is 0.228 e. The van der Waals surface area contributed by atoms with Crippen LogP contribution in [0.2, 0.25) is 0 Å². The first kappa shape index (κ1) is 15.5. The molecule has 24 heavy (non-hydrogen) atoms. The summed E-state index contributed by atoms with van der Waals surface area (Å²) in [5.41, 5.74) is 0.646. The van der Waals surface area contributed by atoms with Crippen LogP contribution in [0.15, 0.2) is 24.3 Å². The Balaban J connectivity index is 1.56. The lowest BCUT2D eigenvalue weighted by molar-refractivity contribution is -0.137. The van der Waals surface area contributed by atoms with Gasteiger partial charge >= 0.3 is 0 Å². The zero-order valence-electron chi connectivity index (χ0n) is 14.1. The number of amides is 2. The molecule has 5 nitrogen and oxygen atoms in total. The molecule has 1 aromatic carbocycles. The van der Waals surface area contributed by atoms with E-state index in [0.717, 1.165) is 43.5 Å². The van der Waals surface area contributed by atoms with Crippen molar-refractivity contribution in [1.82, 2.24) is 10.2 Å². The Hall–Kier alpha value is -2.04. The number of ether oxygens (including phenoxy) is 1. The van der Waals surface area contributed by atoms with E-state index in [1.165, 1.54) is 0 Å². The summed E-state index contributed by atoms with van der Waals surface area (Å²) in [4.78, 5) is 27.5. The third-order valence-corrected chi connectivity index (χ3v) is 6.18. The molecule has 2 heterocycles. The number of carbonyl (C=O) groups is 2. The van der Waals surface area contributed by atoms with Gasteiger partial charge in [0.15, 0.2) is 0 Å². The number of methoxy groups -OCH3 is 1. The summed E-state index contributed by atoms with van der Waals surface area (Å²) in [6.07, 6.45) is 4.46. The SMILES string of the molecule is COc1cccc(CC(=O)N2CC3CNC(=O)C34CCCCC24)c1. The van der Waals surface area contributed by atoms with Crippen LogP contribution in [0.25, 0.3) is 0 Å². The third kappa shape index (κ3) is 2.21. The maximum Gasteiger partial charge on any atom is 0.228 e. The zero-order chi connectivity index (χ0) is 16.7. The monoisotopic (exact) mass is 328 g/mol. The lowest BCUT2D eigenvalue weighted by Crippen LogP contribution is -2.50. The van der Waals surface area contributed by atoms with E-state index in [0.29, 0.717) is 13.0 Å². The predicted molar refractivity (Wildman–Crippen MR) is 89.6 cm³/mol. The number of rotatable bonds is 3. The number of hydrogen-bond acceptors (Lipinski definition) is 3. The second-order valence-corrected chi connectivity index (χ2v) is 7.28. The number of nitrogens with one attached hydrogen (secondary N) is 1. The Morgan fingerprint density at radius 2 is 2.29 bits per heavy atom. The Labute approximate surface area is 142 Å². The second kappa shape index (κ2) is 5.80. The molecular formula is C19H24N2O3. The fraction of sp³-hybridized carbons (Fsp3) is 0.579. The number of benzene rings is 1. The van der Waals surface area contributed by atoms with Crippen molar-refractivity contribution in [2.24, 2.45) is 11.3 Å². The first-order valence-corrected chi connectivity index (χ1v) is 8.86. The Morgan fingerprint density at radius 3 is 3.12 bits per heavy atom. The van der Waals surface area contributed by atoms with Gasteiger partial charge in [0, 0.05) is 25.0 Å². The molecule has 3 atom stereocenters. The summed E-state index contributed by atoms with van der Waals surface area (Å²) < 4.78 is 5.24. The number of carbonyl (C=O) groups excluding carboxylic acids is 2. The van der Waals surface area contributed by atoms with Crippen LogP contribution in [-0.2, 0) is 16.0 Å². The van der Waals surface area contributed by atoms with Crippen LogP contribution in [0.4, 0.5) is 0 Å². The summed E-state index contributed by atoms with van der Waals surface area (Å²) in [6.45, 7) is 1.44. The highest BCUT2D eigenvalue weighted by Crippen LogP contribution is 2.52. The fourth-order valence-corrected chi connectivity index (χ4v) is 5.03. The molecule has 4 rings (SSSR count). The fourth-order valence-electron chi connectivity index (χ4n) is 5.03. The molecule has 128 valence electrons. The van der Waals surface area contributed by atoms with Crippen LogP contribution in [0, 0.1) is 11.3 Å². The van der Waals surface area contributed by atoms with Gasteiger partial charge in [-0.1, -0.05) is 25.0 Å². The van der Waals surface area contributed by atoms with Gasteiger partial charge in [-0.3, -0.25) is 9.59 Å². The van der Waals surface area contributed by atoms with Gasteiger partial charge in [-0.2, -0.15) is 0 Å². The van der Waals surface area contributed by atoms with Crippen LogP contribution < -0.4 is 10.1 Å². The van der Waals surface area contributed by atoms with Gasteiger partial charge in [0.2, 0.25) is 11.8 Å². The first-order valence-electron chi connectivity index (χ1n) is 8.86. The summed E-state index contributed by atoms with van der Waals surface area (Å²) in [7, 11) is 1.63. The van der Waals surface area contributed by atoms with Gasteiger partial charge in [-0.05, 0) is 30.5 Å². The molecule has 0 radical (unpaired) electrons. The van der Waals surface area contributed by atoms with Gasteiger partial charge in [-0.15, -0.1) is 0 Å². The molecule has 0 aromatic heterocycles. The van der Waals surface area contributed by atoms with Crippen molar-refractivity contribution in [2.75, 3.05) is 20.2 Å². The minimum absolute atomic E-state index is 0.0804. The van der Waals surface area contributed by atoms with Crippen LogP contribution in [0.3, 0.4) is 0 Å². The van der Waals surface area contributed by atoms with E-state index >= 15 is 0 Å². The molecule has 5 heteroatoms. The van der Waals surface area contributed by atoms with Crippen molar-refractivity contribution >= 4 is 11.8 Å². The molecule has 2 saturated heterocycles. The first-order chi connectivity index (χ1) is 11.6. The third-order valence-electron chi connectivity index (χ3n) is 6.18. The summed E-state index contributed by atoms with van der Waals surface area (Å²) in [5, 5.41) is 3.04. The average molecular weight is 328 g/mol. The molecule has 1 N–H and O–H groups in total. The van der Waals surface area contributed by atoms with E-state index in [1.54, 1.807) is 7.11 Å². The molecule has 2 amide bonds. The molecule has 1 aliphatic carbocycles. The largest absolute Gasteiger partial charge is 0.497 e. The topological polar surface area (TPSA) is 58.6 Å². The minimum atomic E-state index is -0.317. The molecule has 1 saturated carbocycles. The van der Waals surface area contributed by atoms with E-state index < -0.39 is 0 Å². The minimum Gasteiger partial charge on any atom is -0.497 e. The van der Waals surface area contributed by atoms with Crippen molar-refractivity contribution < 1.29 is 14.3 Å². The van der Waals surface area contributed by atoms with Crippen molar-refractivity contribution in [3.05, 3.63) is 29.8 Å². The highest BCUT2D eigenvalue weighted by Gasteiger charge is 2.62. The highest BCUT2D eigenvalue weighted by atomic mass is 16.5. The zero-order valence-corrected chi connectivity index (χ0v) is 14.1.